The van der Waals surface area contributed by atoms with E-state index in [9.17, 15) is 10.1 Å². The summed E-state index contributed by atoms with van der Waals surface area (Å²) in [6.45, 7) is 4.97. The van der Waals surface area contributed by atoms with Gasteiger partial charge in [-0.25, -0.2) is 4.99 Å². The van der Waals surface area contributed by atoms with Gasteiger partial charge in [-0.1, -0.05) is 41.9 Å². The molecule has 0 bridgehead atoms. The van der Waals surface area contributed by atoms with Crippen LogP contribution in [0.25, 0.3) is 0 Å². The van der Waals surface area contributed by atoms with Crippen molar-refractivity contribution in [2.45, 2.75) is 25.3 Å². The summed E-state index contributed by atoms with van der Waals surface area (Å²) in [6, 6.07) is 22.7. The summed E-state index contributed by atoms with van der Waals surface area (Å²) < 4.78 is 0. The van der Waals surface area contributed by atoms with Crippen LogP contribution in [0.2, 0.25) is 5.02 Å². The Morgan fingerprint density at radius 2 is 1.95 bits per heavy atom. The van der Waals surface area contributed by atoms with Crippen molar-refractivity contribution in [1.82, 2.24) is 4.90 Å². The average Bonchev–Trinajstić information content (AvgIpc) is 3.20. The Morgan fingerprint density at radius 3 is 2.65 bits per heavy atom. The maximum absolute atomic E-state index is 13.8. The molecule has 0 unspecified atom stereocenters. The average molecular weight is 548 g/mol. The predicted molar refractivity (Wildman–Crippen MR) is 157 cm³/mol. The quantitative estimate of drug-likeness (QED) is 0.245. The van der Waals surface area contributed by atoms with Gasteiger partial charge in [-0.3, -0.25) is 9.69 Å². The Bertz CT molecular complexity index is 1430. The SMILES string of the molecule is CCNc1ccc(C#N)cc1N=C1S/C(=C(\C)N(C)c2cc(Cl)ccc2S)C(=O)N1Cc1ccccc1. The van der Waals surface area contributed by atoms with Gasteiger partial charge in [0.05, 0.1) is 40.1 Å². The van der Waals surface area contributed by atoms with Gasteiger partial charge in [0.25, 0.3) is 5.91 Å². The summed E-state index contributed by atoms with van der Waals surface area (Å²) in [5.74, 6) is -0.138. The van der Waals surface area contributed by atoms with Crippen LogP contribution in [0.1, 0.15) is 25.0 Å². The smallest absolute Gasteiger partial charge is 0.268 e. The Hall–Kier alpha value is -3.38. The number of hydrogen-bond acceptors (Lipinski definition) is 7. The number of nitriles is 1. The number of hydrogen-bond donors (Lipinski definition) is 2. The zero-order valence-electron chi connectivity index (χ0n) is 20.7. The maximum atomic E-state index is 13.8. The second-order valence-electron chi connectivity index (χ2n) is 8.35. The van der Waals surface area contributed by atoms with Crippen LogP contribution >= 0.6 is 36.0 Å². The molecule has 1 saturated heterocycles. The van der Waals surface area contributed by atoms with Crippen LogP contribution < -0.4 is 10.2 Å². The molecule has 9 heteroatoms. The molecule has 1 aliphatic heterocycles. The maximum Gasteiger partial charge on any atom is 0.268 e. The number of nitrogens with zero attached hydrogens (tertiary/aromatic N) is 4. The summed E-state index contributed by atoms with van der Waals surface area (Å²) in [4.78, 5) is 23.6. The van der Waals surface area contributed by atoms with Gasteiger partial charge in [0.2, 0.25) is 0 Å². The third-order valence-electron chi connectivity index (χ3n) is 5.89. The van der Waals surface area contributed by atoms with Crippen molar-refractivity contribution < 1.29 is 4.79 Å². The zero-order chi connectivity index (χ0) is 26.5. The number of thiol groups is 1. The number of amides is 1. The van der Waals surface area contributed by atoms with Crippen LogP contribution in [-0.4, -0.2) is 29.6 Å². The topological polar surface area (TPSA) is 71.7 Å². The van der Waals surface area contributed by atoms with Gasteiger partial charge in [0.15, 0.2) is 5.17 Å². The summed E-state index contributed by atoms with van der Waals surface area (Å²) in [5.41, 5.74) is 4.44. The number of anilines is 2. The number of rotatable bonds is 7. The standard InChI is InChI=1S/C28H26ClN5OS2/c1-4-31-22-12-10-20(16-30)14-23(22)32-28-34(17-19-8-6-5-7-9-19)27(35)26(37-28)18(2)33(3)24-15-21(29)11-13-25(24)36/h5-15,31,36H,4,17H2,1-3H3/b26-18+,32-28?. The minimum absolute atomic E-state index is 0.138. The van der Waals surface area contributed by atoms with Crippen LogP contribution in [0.15, 0.2) is 87.2 Å². The van der Waals surface area contributed by atoms with Crippen LogP contribution in [0, 0.1) is 11.3 Å². The first kappa shape index (κ1) is 26.7. The number of carbonyl (C=O) groups excluding carboxylic acids is 1. The molecule has 3 aromatic rings. The molecule has 0 aliphatic carbocycles. The minimum Gasteiger partial charge on any atom is -0.384 e. The molecule has 37 heavy (non-hydrogen) atoms. The van der Waals surface area contributed by atoms with Gasteiger partial charge in [-0.15, -0.1) is 12.6 Å². The summed E-state index contributed by atoms with van der Waals surface area (Å²) >= 11 is 12.1. The molecular weight excluding hydrogens is 522 g/mol. The first-order chi connectivity index (χ1) is 17.8. The summed E-state index contributed by atoms with van der Waals surface area (Å²) in [5, 5.41) is 13.9. The van der Waals surface area contributed by atoms with E-state index in [1.807, 2.05) is 74.3 Å². The Labute approximate surface area is 232 Å². The molecule has 188 valence electrons. The largest absolute Gasteiger partial charge is 0.384 e. The first-order valence-corrected chi connectivity index (χ1v) is 13.3. The lowest BCUT2D eigenvalue weighted by Gasteiger charge is -2.23. The molecule has 6 nitrogen and oxygen atoms in total. The van der Waals surface area contributed by atoms with E-state index >= 15 is 0 Å². The van der Waals surface area contributed by atoms with E-state index in [-0.39, 0.29) is 5.91 Å². The van der Waals surface area contributed by atoms with Gasteiger partial charge in [0, 0.05) is 29.2 Å². The molecular formula is C28H26ClN5OS2. The number of halogens is 1. The fourth-order valence-electron chi connectivity index (χ4n) is 3.85. The van der Waals surface area contributed by atoms with Crippen molar-refractivity contribution in [1.29, 1.82) is 5.26 Å². The second kappa shape index (κ2) is 11.8. The molecule has 0 spiro atoms. The zero-order valence-corrected chi connectivity index (χ0v) is 23.2. The van der Waals surface area contributed by atoms with Crippen molar-refractivity contribution in [3.8, 4) is 6.07 Å². The van der Waals surface area contributed by atoms with Gasteiger partial charge >= 0.3 is 0 Å². The van der Waals surface area contributed by atoms with E-state index in [0.29, 0.717) is 39.4 Å². The van der Waals surface area contributed by atoms with Gasteiger partial charge in [-0.05, 0) is 67.6 Å². The van der Waals surface area contributed by atoms with E-state index in [2.05, 4.69) is 24.0 Å². The third-order valence-corrected chi connectivity index (χ3v) is 7.67. The highest BCUT2D eigenvalue weighted by Gasteiger charge is 2.36. The van der Waals surface area contributed by atoms with Crippen LogP contribution in [0.4, 0.5) is 17.1 Å². The van der Waals surface area contributed by atoms with Crippen molar-refractivity contribution in [3.63, 3.8) is 0 Å². The summed E-state index contributed by atoms with van der Waals surface area (Å²) in [7, 11) is 1.89. The number of allylic oxidation sites excluding steroid dienone is 1. The highest BCUT2D eigenvalue weighted by Crippen LogP contribution is 2.39. The molecule has 0 saturated carbocycles. The molecule has 4 rings (SSSR count). The monoisotopic (exact) mass is 547 g/mol. The normalized spacial score (nSPS) is 15.6. The number of benzene rings is 3. The molecule has 1 N–H and O–H groups in total. The van der Waals surface area contributed by atoms with Crippen LogP contribution in [0.3, 0.4) is 0 Å². The molecule has 1 fully saturated rings. The molecule has 3 aromatic carbocycles. The van der Waals surface area contributed by atoms with Gasteiger partial charge in [0.1, 0.15) is 0 Å². The van der Waals surface area contributed by atoms with E-state index < -0.39 is 0 Å². The number of aliphatic imine (C=N–C) groups is 1. The van der Waals surface area contributed by atoms with Crippen molar-refractivity contribution in [3.05, 3.63) is 93.5 Å². The highest BCUT2D eigenvalue weighted by molar-refractivity contribution is 8.18. The number of carbonyl (C=O) groups is 1. The Morgan fingerprint density at radius 1 is 1.19 bits per heavy atom. The minimum atomic E-state index is -0.138. The van der Waals surface area contributed by atoms with E-state index in [1.165, 1.54) is 11.8 Å². The van der Waals surface area contributed by atoms with Crippen molar-refractivity contribution >= 4 is 64.1 Å². The van der Waals surface area contributed by atoms with Crippen molar-refractivity contribution in [2.24, 2.45) is 4.99 Å². The van der Waals surface area contributed by atoms with E-state index in [4.69, 9.17) is 16.6 Å². The number of nitrogens with one attached hydrogen (secondary N) is 1. The summed E-state index contributed by atoms with van der Waals surface area (Å²) in [6.07, 6.45) is 0. The Kier molecular flexibility index (Phi) is 8.49. The third kappa shape index (κ3) is 5.96. The fourth-order valence-corrected chi connectivity index (χ4v) is 5.37. The lowest BCUT2D eigenvalue weighted by Crippen LogP contribution is -2.29. The second-order valence-corrected chi connectivity index (χ2v) is 10.2. The lowest BCUT2D eigenvalue weighted by atomic mass is 10.2. The first-order valence-electron chi connectivity index (χ1n) is 11.7. The molecule has 0 radical (unpaired) electrons. The van der Waals surface area contributed by atoms with Crippen LogP contribution in [0.5, 0.6) is 0 Å². The molecule has 1 amide bonds. The fraction of sp³-hybridized carbons (Fsp3) is 0.179. The molecule has 1 heterocycles. The van der Waals surface area contributed by atoms with Gasteiger partial charge in [-0.2, -0.15) is 5.26 Å². The molecule has 0 atom stereocenters. The Balaban J connectivity index is 1.80. The van der Waals surface area contributed by atoms with Crippen LogP contribution in [-0.2, 0) is 11.3 Å². The lowest BCUT2D eigenvalue weighted by molar-refractivity contribution is -0.122. The molecule has 0 aromatic heterocycles. The van der Waals surface area contributed by atoms with E-state index in [1.54, 1.807) is 23.1 Å². The van der Waals surface area contributed by atoms with Crippen molar-refractivity contribution in [2.75, 3.05) is 23.8 Å². The number of amidine groups is 1. The van der Waals surface area contributed by atoms with E-state index in [0.717, 1.165) is 27.5 Å². The molecule has 1 aliphatic rings. The van der Waals surface area contributed by atoms with Gasteiger partial charge < -0.3 is 10.2 Å². The predicted octanol–water partition coefficient (Wildman–Crippen LogP) is 7.06. The number of thioether (sulfide) groups is 1. The highest BCUT2D eigenvalue weighted by atomic mass is 35.5.